The fraction of sp³-hybridized carbons (Fsp3) is 0.500. The predicted molar refractivity (Wildman–Crippen MR) is 83.6 cm³/mol. The largest absolute Gasteiger partial charge is 0.347 e. The first-order chi connectivity index (χ1) is 9.84. The standard InChI is InChI=1S/C16H25N3O2/c1-16(2,11-17)12-19(3)15(21)10-18-14(20)9-13-7-5-4-6-8-13/h4-8H,9-12,17H2,1-3H3,(H,18,20). The quantitative estimate of drug-likeness (QED) is 0.780. The molecule has 5 nitrogen and oxygen atoms in total. The number of hydrogen-bond donors (Lipinski definition) is 2. The van der Waals surface area contributed by atoms with Gasteiger partial charge in [-0.25, -0.2) is 0 Å². The lowest BCUT2D eigenvalue weighted by atomic mass is 9.93. The molecule has 0 fully saturated rings. The number of carbonyl (C=O) groups excluding carboxylic acids is 2. The van der Waals surface area contributed by atoms with E-state index in [-0.39, 0.29) is 30.2 Å². The van der Waals surface area contributed by atoms with Crippen LogP contribution in [0.25, 0.3) is 0 Å². The zero-order valence-electron chi connectivity index (χ0n) is 13.1. The van der Waals surface area contributed by atoms with Crippen LogP contribution in [-0.2, 0) is 16.0 Å². The maximum absolute atomic E-state index is 12.0. The van der Waals surface area contributed by atoms with Gasteiger partial charge in [-0.2, -0.15) is 0 Å². The summed E-state index contributed by atoms with van der Waals surface area (Å²) in [6.07, 6.45) is 0.284. The number of nitrogens with zero attached hydrogens (tertiary/aromatic N) is 1. The van der Waals surface area contributed by atoms with Crippen molar-refractivity contribution >= 4 is 11.8 Å². The molecular weight excluding hydrogens is 266 g/mol. The van der Waals surface area contributed by atoms with E-state index in [0.29, 0.717) is 13.1 Å². The lowest BCUT2D eigenvalue weighted by Crippen LogP contribution is -2.44. The highest BCUT2D eigenvalue weighted by atomic mass is 16.2. The van der Waals surface area contributed by atoms with Crippen molar-refractivity contribution in [3.63, 3.8) is 0 Å². The summed E-state index contributed by atoms with van der Waals surface area (Å²) < 4.78 is 0. The molecule has 21 heavy (non-hydrogen) atoms. The Hall–Kier alpha value is -1.88. The molecule has 0 aliphatic carbocycles. The van der Waals surface area contributed by atoms with Crippen LogP contribution in [0.5, 0.6) is 0 Å². The van der Waals surface area contributed by atoms with E-state index in [1.165, 1.54) is 0 Å². The van der Waals surface area contributed by atoms with Gasteiger partial charge >= 0.3 is 0 Å². The molecule has 0 heterocycles. The van der Waals surface area contributed by atoms with E-state index >= 15 is 0 Å². The Morgan fingerprint density at radius 2 is 1.86 bits per heavy atom. The fourth-order valence-corrected chi connectivity index (χ4v) is 1.95. The topological polar surface area (TPSA) is 75.4 Å². The molecule has 3 N–H and O–H groups in total. The van der Waals surface area contributed by atoms with E-state index in [2.05, 4.69) is 5.32 Å². The zero-order chi connectivity index (χ0) is 15.9. The second-order valence-electron chi connectivity index (χ2n) is 6.06. The number of rotatable bonds is 7. The highest BCUT2D eigenvalue weighted by Crippen LogP contribution is 2.13. The van der Waals surface area contributed by atoms with Crippen LogP contribution in [0.15, 0.2) is 30.3 Å². The Labute approximate surface area is 126 Å². The molecule has 0 aromatic heterocycles. The molecule has 2 amide bonds. The molecule has 116 valence electrons. The van der Waals surface area contributed by atoms with Crippen molar-refractivity contribution in [1.29, 1.82) is 0 Å². The maximum atomic E-state index is 12.0. The highest BCUT2D eigenvalue weighted by molar-refractivity contribution is 5.85. The van der Waals surface area contributed by atoms with Crippen LogP contribution in [0, 0.1) is 5.41 Å². The summed E-state index contributed by atoms with van der Waals surface area (Å²) in [7, 11) is 1.73. The molecule has 1 rings (SSSR count). The second kappa shape index (κ2) is 7.78. The molecule has 5 heteroatoms. The van der Waals surface area contributed by atoms with E-state index in [0.717, 1.165) is 5.56 Å². The Kier molecular flexibility index (Phi) is 6.37. The van der Waals surface area contributed by atoms with Crippen molar-refractivity contribution in [2.75, 3.05) is 26.7 Å². The van der Waals surface area contributed by atoms with Gasteiger partial charge in [0.05, 0.1) is 13.0 Å². The molecule has 0 saturated heterocycles. The third-order valence-electron chi connectivity index (χ3n) is 3.29. The van der Waals surface area contributed by atoms with E-state index in [4.69, 9.17) is 5.73 Å². The van der Waals surface area contributed by atoms with Gasteiger partial charge in [-0.15, -0.1) is 0 Å². The lowest BCUT2D eigenvalue weighted by Gasteiger charge is -2.29. The summed E-state index contributed by atoms with van der Waals surface area (Å²) in [6, 6.07) is 9.45. The summed E-state index contributed by atoms with van der Waals surface area (Å²) >= 11 is 0. The number of benzene rings is 1. The maximum Gasteiger partial charge on any atom is 0.241 e. The smallest absolute Gasteiger partial charge is 0.241 e. The van der Waals surface area contributed by atoms with Gasteiger partial charge in [-0.1, -0.05) is 44.2 Å². The first-order valence-electron chi connectivity index (χ1n) is 7.09. The van der Waals surface area contributed by atoms with Crippen LogP contribution in [0.2, 0.25) is 0 Å². The number of nitrogens with one attached hydrogen (secondary N) is 1. The van der Waals surface area contributed by atoms with E-state index in [9.17, 15) is 9.59 Å². The molecule has 0 bridgehead atoms. The third kappa shape index (κ3) is 6.40. The van der Waals surface area contributed by atoms with Gasteiger partial charge in [-0.05, 0) is 17.5 Å². The monoisotopic (exact) mass is 291 g/mol. The highest BCUT2D eigenvalue weighted by Gasteiger charge is 2.21. The van der Waals surface area contributed by atoms with Crippen molar-refractivity contribution in [3.05, 3.63) is 35.9 Å². The molecule has 0 unspecified atom stereocenters. The van der Waals surface area contributed by atoms with Crippen LogP contribution in [-0.4, -0.2) is 43.4 Å². The van der Waals surface area contributed by atoms with Crippen LogP contribution >= 0.6 is 0 Å². The SMILES string of the molecule is CN(CC(C)(C)CN)C(=O)CNC(=O)Cc1ccccc1. The number of hydrogen-bond acceptors (Lipinski definition) is 3. The predicted octanol–water partition coefficient (Wildman–Crippen LogP) is 0.789. The lowest BCUT2D eigenvalue weighted by molar-refractivity contribution is -0.132. The average molecular weight is 291 g/mol. The Bertz CT molecular complexity index is 472. The molecular formula is C16H25N3O2. The van der Waals surface area contributed by atoms with Gasteiger partial charge in [0.25, 0.3) is 0 Å². The van der Waals surface area contributed by atoms with Gasteiger partial charge in [0, 0.05) is 13.6 Å². The van der Waals surface area contributed by atoms with Gasteiger partial charge in [0.1, 0.15) is 0 Å². The van der Waals surface area contributed by atoms with Crippen LogP contribution in [0.1, 0.15) is 19.4 Å². The summed E-state index contributed by atoms with van der Waals surface area (Å²) in [5.41, 5.74) is 6.46. The van der Waals surface area contributed by atoms with Gasteiger partial charge in [0.2, 0.25) is 11.8 Å². The summed E-state index contributed by atoms with van der Waals surface area (Å²) in [5.74, 6) is -0.265. The molecule has 1 aromatic carbocycles. The van der Waals surface area contributed by atoms with E-state index in [1.807, 2.05) is 44.2 Å². The normalized spacial score (nSPS) is 11.0. The minimum absolute atomic E-state index is 0.0167. The Morgan fingerprint density at radius 1 is 1.24 bits per heavy atom. The van der Waals surface area contributed by atoms with Gasteiger partial charge in [-0.3, -0.25) is 9.59 Å². The van der Waals surface area contributed by atoms with Gasteiger partial charge in [0.15, 0.2) is 0 Å². The van der Waals surface area contributed by atoms with Crippen molar-refractivity contribution in [1.82, 2.24) is 10.2 Å². The van der Waals surface area contributed by atoms with Crippen molar-refractivity contribution in [2.45, 2.75) is 20.3 Å². The summed E-state index contributed by atoms with van der Waals surface area (Å²) in [5, 5.41) is 2.65. The zero-order valence-corrected chi connectivity index (χ0v) is 13.1. The summed E-state index contributed by atoms with van der Waals surface area (Å²) in [6.45, 7) is 5.10. The number of amides is 2. The molecule has 0 spiro atoms. The van der Waals surface area contributed by atoms with Crippen LogP contribution < -0.4 is 11.1 Å². The molecule has 0 atom stereocenters. The first-order valence-corrected chi connectivity index (χ1v) is 7.09. The Morgan fingerprint density at radius 3 is 2.43 bits per heavy atom. The minimum atomic E-state index is -0.152. The van der Waals surface area contributed by atoms with Crippen LogP contribution in [0.3, 0.4) is 0 Å². The third-order valence-corrected chi connectivity index (χ3v) is 3.29. The molecule has 1 aromatic rings. The Balaban J connectivity index is 2.37. The van der Waals surface area contributed by atoms with Crippen molar-refractivity contribution in [2.24, 2.45) is 11.1 Å². The average Bonchev–Trinajstić information content (AvgIpc) is 2.45. The van der Waals surface area contributed by atoms with E-state index < -0.39 is 0 Å². The number of likely N-dealkylation sites (N-methyl/N-ethyl adjacent to an activating group) is 1. The second-order valence-corrected chi connectivity index (χ2v) is 6.06. The molecule has 0 radical (unpaired) electrons. The number of carbonyl (C=O) groups is 2. The molecule has 0 aliphatic heterocycles. The fourth-order valence-electron chi connectivity index (χ4n) is 1.95. The minimum Gasteiger partial charge on any atom is -0.347 e. The number of nitrogens with two attached hydrogens (primary N) is 1. The molecule has 0 aliphatic rings. The van der Waals surface area contributed by atoms with Crippen molar-refractivity contribution < 1.29 is 9.59 Å². The van der Waals surface area contributed by atoms with Gasteiger partial charge < -0.3 is 16.0 Å². The first kappa shape index (κ1) is 17.2. The molecule has 0 saturated carbocycles. The van der Waals surface area contributed by atoms with E-state index in [1.54, 1.807) is 11.9 Å². The van der Waals surface area contributed by atoms with Crippen molar-refractivity contribution in [3.8, 4) is 0 Å². The summed E-state index contributed by atoms with van der Waals surface area (Å²) in [4.78, 5) is 25.3. The van der Waals surface area contributed by atoms with Crippen LogP contribution in [0.4, 0.5) is 0 Å².